The number of benzene rings is 1. The number of alkyl halides is 1. The van der Waals surface area contributed by atoms with Gasteiger partial charge in [0.15, 0.2) is 0 Å². The Kier molecular flexibility index (Phi) is 4.22. The second kappa shape index (κ2) is 5.67. The van der Waals surface area contributed by atoms with E-state index >= 15 is 0 Å². The molecule has 2 nitrogen and oxygen atoms in total. The normalized spacial score (nSPS) is 23.5. The lowest BCUT2D eigenvalue weighted by Gasteiger charge is -2.27. The number of halogens is 1. The largest absolute Gasteiger partial charge is 0.390 e. The minimum absolute atomic E-state index is 0.234. The molecule has 0 aromatic heterocycles. The van der Waals surface area contributed by atoms with Gasteiger partial charge in [-0.15, -0.1) is 11.6 Å². The molecule has 0 bridgehead atoms. The summed E-state index contributed by atoms with van der Waals surface area (Å²) in [6.45, 7) is 1.98. The van der Waals surface area contributed by atoms with E-state index in [0.717, 1.165) is 25.9 Å². The number of hydrogen-bond acceptors (Lipinski definition) is 2. The van der Waals surface area contributed by atoms with Gasteiger partial charge in [-0.2, -0.15) is 0 Å². The lowest BCUT2D eigenvalue weighted by molar-refractivity contribution is 0.0851. The van der Waals surface area contributed by atoms with Crippen LogP contribution >= 0.6 is 11.6 Å². The lowest BCUT2D eigenvalue weighted by Crippen LogP contribution is -2.39. The van der Waals surface area contributed by atoms with Crippen LogP contribution in [0.25, 0.3) is 0 Å². The first kappa shape index (κ1) is 11.9. The summed E-state index contributed by atoms with van der Waals surface area (Å²) in [7, 11) is 0. The minimum atomic E-state index is -0.395. The van der Waals surface area contributed by atoms with Gasteiger partial charge in [0, 0.05) is 18.5 Å². The molecule has 0 saturated carbocycles. The molecule has 1 aliphatic heterocycles. The van der Waals surface area contributed by atoms with E-state index in [1.807, 2.05) is 6.07 Å². The highest BCUT2D eigenvalue weighted by atomic mass is 35.5. The molecule has 0 aliphatic carbocycles. The van der Waals surface area contributed by atoms with Crippen molar-refractivity contribution in [3.8, 4) is 0 Å². The third-order valence-electron chi connectivity index (χ3n) is 3.24. The van der Waals surface area contributed by atoms with Crippen molar-refractivity contribution >= 4 is 11.6 Å². The SMILES string of the molecule is OC(CCl)C1CCCN1Cc1ccccc1. The molecule has 88 valence electrons. The summed E-state index contributed by atoms with van der Waals surface area (Å²) in [5, 5.41) is 9.83. The van der Waals surface area contributed by atoms with Crippen LogP contribution in [-0.4, -0.2) is 34.6 Å². The van der Waals surface area contributed by atoms with Gasteiger partial charge >= 0.3 is 0 Å². The van der Waals surface area contributed by atoms with Crippen LogP contribution in [0.5, 0.6) is 0 Å². The zero-order chi connectivity index (χ0) is 11.4. The number of aliphatic hydroxyl groups is 1. The van der Waals surface area contributed by atoms with Crippen LogP contribution in [0.1, 0.15) is 18.4 Å². The van der Waals surface area contributed by atoms with Crippen molar-refractivity contribution in [3.63, 3.8) is 0 Å². The third kappa shape index (κ3) is 2.76. The highest BCUT2D eigenvalue weighted by Gasteiger charge is 2.29. The van der Waals surface area contributed by atoms with E-state index in [2.05, 4.69) is 29.2 Å². The Bertz CT molecular complexity index is 317. The zero-order valence-corrected chi connectivity index (χ0v) is 10.1. The monoisotopic (exact) mass is 239 g/mol. The van der Waals surface area contributed by atoms with Gasteiger partial charge < -0.3 is 5.11 Å². The summed E-state index contributed by atoms with van der Waals surface area (Å²) in [4.78, 5) is 2.34. The van der Waals surface area contributed by atoms with E-state index in [4.69, 9.17) is 11.6 Å². The molecule has 2 rings (SSSR count). The van der Waals surface area contributed by atoms with E-state index in [0.29, 0.717) is 5.88 Å². The van der Waals surface area contributed by atoms with Crippen LogP contribution in [0.3, 0.4) is 0 Å². The average molecular weight is 240 g/mol. The molecule has 1 saturated heterocycles. The van der Waals surface area contributed by atoms with Gasteiger partial charge in [0.2, 0.25) is 0 Å². The van der Waals surface area contributed by atoms with Gasteiger partial charge in [-0.1, -0.05) is 30.3 Å². The molecule has 1 aliphatic rings. The summed E-state index contributed by atoms with van der Waals surface area (Å²) < 4.78 is 0. The summed E-state index contributed by atoms with van der Waals surface area (Å²) in [6.07, 6.45) is 1.82. The van der Waals surface area contributed by atoms with Crippen LogP contribution in [-0.2, 0) is 6.54 Å². The first-order valence-electron chi connectivity index (χ1n) is 5.83. The molecule has 1 heterocycles. The van der Waals surface area contributed by atoms with E-state index in [9.17, 15) is 5.11 Å². The van der Waals surface area contributed by atoms with Crippen molar-refractivity contribution in [3.05, 3.63) is 35.9 Å². The van der Waals surface area contributed by atoms with Crippen molar-refractivity contribution in [1.29, 1.82) is 0 Å². The Morgan fingerprint density at radius 2 is 2.12 bits per heavy atom. The van der Waals surface area contributed by atoms with E-state index < -0.39 is 6.10 Å². The molecule has 1 fully saturated rings. The zero-order valence-electron chi connectivity index (χ0n) is 9.35. The average Bonchev–Trinajstić information content (AvgIpc) is 2.77. The topological polar surface area (TPSA) is 23.5 Å². The second-order valence-corrected chi connectivity index (χ2v) is 4.70. The Balaban J connectivity index is 1.99. The Morgan fingerprint density at radius 3 is 2.81 bits per heavy atom. The van der Waals surface area contributed by atoms with E-state index in [1.54, 1.807) is 0 Å². The van der Waals surface area contributed by atoms with Crippen LogP contribution in [0.4, 0.5) is 0 Å². The molecule has 0 amide bonds. The van der Waals surface area contributed by atoms with Crippen LogP contribution < -0.4 is 0 Å². The van der Waals surface area contributed by atoms with E-state index in [1.165, 1.54) is 5.56 Å². The molecule has 2 unspecified atom stereocenters. The summed E-state index contributed by atoms with van der Waals surface area (Å²) in [5.41, 5.74) is 1.30. The van der Waals surface area contributed by atoms with Gasteiger partial charge in [-0.25, -0.2) is 0 Å². The predicted molar refractivity (Wildman–Crippen MR) is 66.6 cm³/mol. The van der Waals surface area contributed by atoms with Crippen LogP contribution in [0.15, 0.2) is 30.3 Å². The first-order valence-corrected chi connectivity index (χ1v) is 6.36. The Hall–Kier alpha value is -0.570. The summed E-state index contributed by atoms with van der Waals surface area (Å²) in [6, 6.07) is 10.6. The van der Waals surface area contributed by atoms with Gasteiger partial charge in [-0.3, -0.25) is 4.90 Å². The summed E-state index contributed by atoms with van der Waals surface area (Å²) in [5.74, 6) is 0.329. The summed E-state index contributed by atoms with van der Waals surface area (Å²) >= 11 is 5.72. The fraction of sp³-hybridized carbons (Fsp3) is 0.538. The van der Waals surface area contributed by atoms with E-state index in [-0.39, 0.29) is 6.04 Å². The van der Waals surface area contributed by atoms with Crippen molar-refractivity contribution < 1.29 is 5.11 Å². The van der Waals surface area contributed by atoms with Crippen LogP contribution in [0.2, 0.25) is 0 Å². The molecule has 1 aromatic carbocycles. The maximum Gasteiger partial charge on any atom is 0.0830 e. The smallest absolute Gasteiger partial charge is 0.0830 e. The standard InChI is InChI=1S/C13H18ClNO/c14-9-13(16)12-7-4-8-15(12)10-11-5-2-1-3-6-11/h1-3,5-6,12-13,16H,4,7-10H2. The van der Waals surface area contributed by atoms with Gasteiger partial charge in [-0.05, 0) is 24.9 Å². The maximum absolute atomic E-state index is 9.83. The van der Waals surface area contributed by atoms with Gasteiger partial charge in [0.25, 0.3) is 0 Å². The highest BCUT2D eigenvalue weighted by molar-refractivity contribution is 6.18. The first-order chi connectivity index (χ1) is 7.81. The fourth-order valence-electron chi connectivity index (χ4n) is 2.40. The molecule has 3 heteroatoms. The number of aliphatic hydroxyl groups excluding tert-OH is 1. The molecule has 1 aromatic rings. The highest BCUT2D eigenvalue weighted by Crippen LogP contribution is 2.23. The number of hydrogen-bond donors (Lipinski definition) is 1. The van der Waals surface area contributed by atoms with Gasteiger partial charge in [0.1, 0.15) is 0 Å². The predicted octanol–water partition coefficient (Wildman–Crippen LogP) is 2.25. The molecular formula is C13H18ClNO. The minimum Gasteiger partial charge on any atom is -0.390 e. The quantitative estimate of drug-likeness (QED) is 0.815. The number of rotatable bonds is 4. The molecule has 1 N–H and O–H groups in total. The van der Waals surface area contributed by atoms with Crippen molar-refractivity contribution in [2.75, 3.05) is 12.4 Å². The van der Waals surface area contributed by atoms with Crippen molar-refractivity contribution in [1.82, 2.24) is 4.90 Å². The molecule has 2 atom stereocenters. The number of nitrogens with zero attached hydrogens (tertiary/aromatic N) is 1. The van der Waals surface area contributed by atoms with Crippen LogP contribution in [0, 0.1) is 0 Å². The molecule has 16 heavy (non-hydrogen) atoms. The second-order valence-electron chi connectivity index (χ2n) is 4.39. The third-order valence-corrected chi connectivity index (χ3v) is 3.56. The molecule has 0 radical (unpaired) electrons. The maximum atomic E-state index is 9.83. The Labute approximate surface area is 102 Å². The molecular weight excluding hydrogens is 222 g/mol. The number of likely N-dealkylation sites (tertiary alicyclic amines) is 1. The lowest BCUT2D eigenvalue weighted by atomic mass is 10.1. The molecule has 0 spiro atoms. The van der Waals surface area contributed by atoms with Gasteiger partial charge in [0.05, 0.1) is 6.10 Å². The van der Waals surface area contributed by atoms with Crippen molar-refractivity contribution in [2.45, 2.75) is 31.5 Å². The fourth-order valence-corrected chi connectivity index (χ4v) is 2.61. The van der Waals surface area contributed by atoms with Crippen molar-refractivity contribution in [2.24, 2.45) is 0 Å². The Morgan fingerprint density at radius 1 is 1.38 bits per heavy atom.